The first-order chi connectivity index (χ1) is 12.3. The van der Waals surface area contributed by atoms with Gasteiger partial charge in [0.1, 0.15) is 0 Å². The van der Waals surface area contributed by atoms with Gasteiger partial charge in [0.2, 0.25) is 11.8 Å². The Balaban J connectivity index is 1.60. The first-order valence-corrected chi connectivity index (χ1v) is 10.2. The van der Waals surface area contributed by atoms with E-state index >= 15 is 0 Å². The molecule has 4 N–H and O–H groups in total. The number of phosphoric acid groups is 1. The molecule has 0 radical (unpaired) electrons. The number of allylic oxidation sites excluding steroid dienone is 2. The number of carbonyl (C=O) groups is 2. The van der Waals surface area contributed by atoms with Crippen molar-refractivity contribution < 1.29 is 33.2 Å². The molecule has 2 bridgehead atoms. The summed E-state index contributed by atoms with van der Waals surface area (Å²) in [5.74, 6) is 1.06. The molecule has 148 valence electrons. The van der Waals surface area contributed by atoms with Crippen molar-refractivity contribution in [2.24, 2.45) is 17.8 Å². The van der Waals surface area contributed by atoms with Crippen LogP contribution in [-0.2, 0) is 23.2 Å². The number of phosphoric ester groups is 1. The SMILES string of the molecule is COP(=O)(O)OCC(CO)NC(=O)CCNC(=O)CC1CC2C=CC1C2. The van der Waals surface area contributed by atoms with Gasteiger partial charge in [-0.15, -0.1) is 0 Å². The summed E-state index contributed by atoms with van der Waals surface area (Å²) < 4.78 is 20.0. The Morgan fingerprint density at radius 1 is 1.31 bits per heavy atom. The average Bonchev–Trinajstić information content (AvgIpc) is 3.21. The predicted octanol–water partition coefficient (Wildman–Crippen LogP) is 0.335. The van der Waals surface area contributed by atoms with Crippen molar-refractivity contribution in [3.05, 3.63) is 12.2 Å². The lowest BCUT2D eigenvalue weighted by Crippen LogP contribution is -2.42. The maximum absolute atomic E-state index is 12.0. The van der Waals surface area contributed by atoms with Crippen LogP contribution in [-0.4, -0.2) is 54.7 Å². The number of fused-ring (bicyclic) bond motifs is 2. The zero-order valence-electron chi connectivity index (χ0n) is 14.8. The van der Waals surface area contributed by atoms with Gasteiger partial charge in [-0.05, 0) is 30.6 Å². The number of nitrogens with one attached hydrogen (secondary N) is 2. The molecule has 2 aliphatic carbocycles. The molecule has 0 heterocycles. The van der Waals surface area contributed by atoms with Gasteiger partial charge < -0.3 is 20.6 Å². The molecule has 1 fully saturated rings. The second-order valence-corrected chi connectivity index (χ2v) is 8.30. The molecule has 5 atom stereocenters. The van der Waals surface area contributed by atoms with Gasteiger partial charge >= 0.3 is 7.82 Å². The summed E-state index contributed by atoms with van der Waals surface area (Å²) in [7, 11) is -3.15. The Hall–Kier alpha value is -1.25. The molecular formula is C16H27N2O7P. The third kappa shape index (κ3) is 6.48. The van der Waals surface area contributed by atoms with E-state index in [4.69, 9.17) is 4.89 Å². The van der Waals surface area contributed by atoms with E-state index in [1.54, 1.807) is 0 Å². The van der Waals surface area contributed by atoms with Crippen LogP contribution in [0.25, 0.3) is 0 Å². The molecule has 0 aromatic heterocycles. The Morgan fingerprint density at radius 2 is 2.08 bits per heavy atom. The van der Waals surface area contributed by atoms with Crippen molar-refractivity contribution in [3.63, 3.8) is 0 Å². The first-order valence-electron chi connectivity index (χ1n) is 8.71. The average molecular weight is 390 g/mol. The second-order valence-electron chi connectivity index (χ2n) is 6.74. The summed E-state index contributed by atoms with van der Waals surface area (Å²) in [6.07, 6.45) is 7.15. The van der Waals surface area contributed by atoms with Crippen LogP contribution in [0.2, 0.25) is 0 Å². The molecule has 10 heteroatoms. The highest BCUT2D eigenvalue weighted by molar-refractivity contribution is 7.47. The smallest absolute Gasteiger partial charge is 0.394 e. The highest BCUT2D eigenvalue weighted by Gasteiger charge is 2.36. The molecule has 1 saturated carbocycles. The fraction of sp³-hybridized carbons (Fsp3) is 0.750. The van der Waals surface area contributed by atoms with Gasteiger partial charge in [-0.25, -0.2) is 4.57 Å². The summed E-state index contributed by atoms with van der Waals surface area (Å²) >= 11 is 0. The number of carbonyl (C=O) groups excluding carboxylic acids is 2. The van der Waals surface area contributed by atoms with Crippen molar-refractivity contribution in [2.75, 3.05) is 26.9 Å². The lowest BCUT2D eigenvalue weighted by Gasteiger charge is -2.18. The predicted molar refractivity (Wildman–Crippen MR) is 92.9 cm³/mol. The minimum Gasteiger partial charge on any atom is -0.394 e. The van der Waals surface area contributed by atoms with Crippen molar-refractivity contribution in [1.29, 1.82) is 0 Å². The van der Waals surface area contributed by atoms with Gasteiger partial charge in [-0.3, -0.25) is 18.6 Å². The standard InChI is InChI=1S/C16H27N2O7P/c1-24-26(22,23)25-10-14(9-19)18-15(20)4-5-17-16(21)8-13-7-11-2-3-12(13)6-11/h2-3,11-14,19H,4-10H2,1H3,(H,17,21)(H,18,20)(H,22,23). The highest BCUT2D eigenvalue weighted by Crippen LogP contribution is 2.44. The van der Waals surface area contributed by atoms with Gasteiger partial charge in [0.15, 0.2) is 0 Å². The quantitative estimate of drug-likeness (QED) is 0.295. The van der Waals surface area contributed by atoms with E-state index in [2.05, 4.69) is 31.8 Å². The molecule has 5 unspecified atom stereocenters. The van der Waals surface area contributed by atoms with Crippen molar-refractivity contribution >= 4 is 19.6 Å². The van der Waals surface area contributed by atoms with E-state index in [0.29, 0.717) is 24.2 Å². The fourth-order valence-electron chi connectivity index (χ4n) is 3.43. The van der Waals surface area contributed by atoms with Crippen LogP contribution in [0.1, 0.15) is 25.7 Å². The summed E-state index contributed by atoms with van der Waals surface area (Å²) in [5.41, 5.74) is 0. The molecule has 26 heavy (non-hydrogen) atoms. The number of hydrogen-bond donors (Lipinski definition) is 4. The number of rotatable bonds is 11. The zero-order chi connectivity index (χ0) is 19.2. The molecule has 9 nitrogen and oxygen atoms in total. The molecule has 2 rings (SSSR count). The van der Waals surface area contributed by atoms with Crippen LogP contribution >= 0.6 is 7.82 Å². The molecule has 0 aliphatic heterocycles. The van der Waals surface area contributed by atoms with Gasteiger partial charge in [-0.2, -0.15) is 0 Å². The van der Waals surface area contributed by atoms with Crippen LogP contribution in [0.3, 0.4) is 0 Å². The Morgan fingerprint density at radius 3 is 2.65 bits per heavy atom. The number of hydrogen-bond acceptors (Lipinski definition) is 6. The van der Waals surface area contributed by atoms with Crippen LogP contribution in [0.15, 0.2) is 12.2 Å². The Labute approximate surface area is 152 Å². The van der Waals surface area contributed by atoms with Crippen molar-refractivity contribution in [1.82, 2.24) is 10.6 Å². The normalized spacial score (nSPS) is 27.1. The summed E-state index contributed by atoms with van der Waals surface area (Å²) in [4.78, 5) is 32.9. The maximum atomic E-state index is 12.0. The second kappa shape index (κ2) is 9.62. The van der Waals surface area contributed by atoms with E-state index in [1.165, 1.54) is 0 Å². The molecule has 2 amide bonds. The highest BCUT2D eigenvalue weighted by atomic mass is 31.2. The zero-order valence-corrected chi connectivity index (χ0v) is 15.7. The molecule has 2 aliphatic rings. The van der Waals surface area contributed by atoms with E-state index in [1.807, 2.05) is 0 Å². The van der Waals surface area contributed by atoms with E-state index < -0.39 is 26.4 Å². The van der Waals surface area contributed by atoms with Crippen LogP contribution < -0.4 is 10.6 Å². The minimum atomic E-state index is -4.16. The summed E-state index contributed by atoms with van der Waals surface area (Å²) in [6.45, 7) is -0.634. The largest absolute Gasteiger partial charge is 0.471 e. The molecule has 0 aromatic carbocycles. The third-order valence-corrected chi connectivity index (χ3v) is 5.73. The van der Waals surface area contributed by atoms with Crippen LogP contribution in [0.4, 0.5) is 0 Å². The maximum Gasteiger partial charge on any atom is 0.471 e. The van der Waals surface area contributed by atoms with Gasteiger partial charge in [0.05, 0.1) is 19.3 Å². The lowest BCUT2D eigenvalue weighted by atomic mass is 9.90. The van der Waals surface area contributed by atoms with E-state index in [9.17, 15) is 19.3 Å². The van der Waals surface area contributed by atoms with Gasteiger partial charge in [-0.1, -0.05) is 12.2 Å². The van der Waals surface area contributed by atoms with Crippen molar-refractivity contribution in [2.45, 2.75) is 31.7 Å². The molecule has 0 spiro atoms. The Bertz CT molecular complexity index is 583. The van der Waals surface area contributed by atoms with Gasteiger partial charge in [0.25, 0.3) is 0 Å². The summed E-state index contributed by atoms with van der Waals surface area (Å²) in [6, 6.07) is -0.838. The van der Waals surface area contributed by atoms with Gasteiger partial charge in [0, 0.05) is 26.5 Å². The van der Waals surface area contributed by atoms with E-state index in [0.717, 1.165) is 20.0 Å². The molecule has 0 saturated heterocycles. The lowest BCUT2D eigenvalue weighted by molar-refractivity contribution is -0.123. The Kier molecular flexibility index (Phi) is 7.79. The van der Waals surface area contributed by atoms with Crippen LogP contribution in [0.5, 0.6) is 0 Å². The van der Waals surface area contributed by atoms with Crippen LogP contribution in [0, 0.1) is 17.8 Å². The summed E-state index contributed by atoms with van der Waals surface area (Å²) in [5, 5.41) is 14.4. The minimum absolute atomic E-state index is 0.0416. The van der Waals surface area contributed by atoms with E-state index in [-0.39, 0.29) is 25.5 Å². The third-order valence-electron chi connectivity index (χ3n) is 4.79. The van der Waals surface area contributed by atoms with Crippen molar-refractivity contribution in [3.8, 4) is 0 Å². The molecular weight excluding hydrogens is 363 g/mol. The first kappa shape index (κ1) is 21.1. The monoisotopic (exact) mass is 390 g/mol. The topological polar surface area (TPSA) is 134 Å². The number of aliphatic hydroxyl groups excluding tert-OH is 1. The number of amides is 2. The molecule has 0 aromatic rings. The number of aliphatic hydroxyl groups is 1. The fourth-order valence-corrected chi connectivity index (χ4v) is 3.91.